The largest absolute Gasteiger partial charge is 0.299 e. The lowest BCUT2D eigenvalue weighted by Crippen LogP contribution is -2.23. The maximum absolute atomic E-state index is 12.5. The summed E-state index contributed by atoms with van der Waals surface area (Å²) >= 11 is 0. The number of unbranched alkanes of at least 4 members (excludes halogenated alkanes) is 16. The van der Waals surface area contributed by atoms with Crippen molar-refractivity contribution in [1.82, 2.24) is 0 Å². The zero-order valence-corrected chi connectivity index (χ0v) is 20.2. The van der Waals surface area contributed by atoms with Crippen LogP contribution in [0.5, 0.6) is 0 Å². The Balaban J connectivity index is 3.69. The van der Waals surface area contributed by atoms with Crippen LogP contribution in [0.15, 0.2) is 0 Å². The van der Waals surface area contributed by atoms with Crippen molar-refractivity contribution >= 4 is 11.6 Å². The minimum Gasteiger partial charge on any atom is -0.299 e. The van der Waals surface area contributed by atoms with Gasteiger partial charge in [-0.25, -0.2) is 0 Å². The third-order valence-electron chi connectivity index (χ3n) is 6.24. The first kappa shape index (κ1) is 28.3. The highest BCUT2D eigenvalue weighted by Gasteiger charge is 2.23. The molecule has 29 heavy (non-hydrogen) atoms. The second-order valence-electron chi connectivity index (χ2n) is 9.05. The zero-order valence-electron chi connectivity index (χ0n) is 20.2. The van der Waals surface area contributed by atoms with E-state index in [1.54, 1.807) is 0 Å². The molecule has 0 aromatic carbocycles. The van der Waals surface area contributed by atoms with E-state index in [4.69, 9.17) is 0 Å². The fourth-order valence-corrected chi connectivity index (χ4v) is 4.20. The summed E-state index contributed by atoms with van der Waals surface area (Å²) < 4.78 is 0. The van der Waals surface area contributed by atoms with Gasteiger partial charge in [-0.3, -0.25) is 9.59 Å². The van der Waals surface area contributed by atoms with E-state index in [0.29, 0.717) is 19.3 Å². The van der Waals surface area contributed by atoms with Gasteiger partial charge in [-0.1, -0.05) is 124 Å². The second-order valence-corrected chi connectivity index (χ2v) is 9.05. The van der Waals surface area contributed by atoms with E-state index in [1.807, 2.05) is 6.92 Å². The molecule has 0 saturated heterocycles. The molecule has 0 aliphatic heterocycles. The summed E-state index contributed by atoms with van der Waals surface area (Å²) in [5.74, 6) is 0.0887. The molecular formula is C27H52O2. The molecular weight excluding hydrogens is 356 g/mol. The van der Waals surface area contributed by atoms with Gasteiger partial charge in [-0.15, -0.1) is 0 Å². The number of ketones is 2. The molecule has 0 amide bonds. The highest BCUT2D eigenvalue weighted by Crippen LogP contribution is 2.17. The molecule has 2 nitrogen and oxygen atoms in total. The smallest absolute Gasteiger partial charge is 0.143 e. The van der Waals surface area contributed by atoms with Crippen molar-refractivity contribution in [1.29, 1.82) is 0 Å². The summed E-state index contributed by atoms with van der Waals surface area (Å²) in [5.41, 5.74) is 0. The maximum Gasteiger partial charge on any atom is 0.143 e. The van der Waals surface area contributed by atoms with Crippen molar-refractivity contribution in [3.63, 3.8) is 0 Å². The lowest BCUT2D eigenvalue weighted by molar-refractivity contribution is -0.133. The lowest BCUT2D eigenvalue weighted by atomic mass is 9.89. The van der Waals surface area contributed by atoms with Crippen LogP contribution in [0.1, 0.15) is 156 Å². The Hall–Kier alpha value is -0.660. The van der Waals surface area contributed by atoms with E-state index >= 15 is 0 Å². The highest BCUT2D eigenvalue weighted by atomic mass is 16.1. The molecule has 0 aliphatic carbocycles. The van der Waals surface area contributed by atoms with Crippen molar-refractivity contribution < 1.29 is 9.59 Å². The molecule has 0 unspecified atom stereocenters. The zero-order chi connectivity index (χ0) is 21.6. The molecule has 0 spiro atoms. The molecule has 2 heteroatoms. The fraction of sp³-hybridized carbons (Fsp3) is 0.926. The molecule has 0 heterocycles. The van der Waals surface area contributed by atoms with Gasteiger partial charge in [0, 0.05) is 12.8 Å². The SMILES string of the molecule is CCCCCCCCCCCC(=O)C(CC)C(=O)CCCCCCCCCCC. The van der Waals surface area contributed by atoms with E-state index in [9.17, 15) is 9.59 Å². The first-order valence-corrected chi connectivity index (χ1v) is 13.2. The molecule has 0 radical (unpaired) electrons. The third-order valence-corrected chi connectivity index (χ3v) is 6.24. The number of carbonyl (C=O) groups excluding carboxylic acids is 2. The van der Waals surface area contributed by atoms with Crippen LogP contribution in [-0.2, 0) is 9.59 Å². The average Bonchev–Trinajstić information content (AvgIpc) is 2.72. The number of carbonyl (C=O) groups is 2. The third kappa shape index (κ3) is 17.9. The lowest BCUT2D eigenvalue weighted by Gasteiger charge is -2.12. The first-order valence-electron chi connectivity index (χ1n) is 13.2. The molecule has 0 saturated carbocycles. The molecule has 0 atom stereocenters. The molecule has 0 rings (SSSR count). The number of Topliss-reactive ketones (excluding diaryl/α,β-unsaturated/α-hetero) is 2. The van der Waals surface area contributed by atoms with Crippen LogP contribution in [0.3, 0.4) is 0 Å². The normalized spacial score (nSPS) is 11.3. The Morgan fingerprint density at radius 1 is 0.448 bits per heavy atom. The van der Waals surface area contributed by atoms with Gasteiger partial charge in [0.05, 0.1) is 5.92 Å². The standard InChI is InChI=1S/C27H52O2/c1-4-7-9-11-13-15-17-19-21-23-26(28)25(6-3)27(29)24-22-20-18-16-14-12-10-8-5-2/h25H,4-24H2,1-3H3. The van der Waals surface area contributed by atoms with Gasteiger partial charge in [-0.2, -0.15) is 0 Å². The van der Waals surface area contributed by atoms with Gasteiger partial charge in [0.1, 0.15) is 11.6 Å². The van der Waals surface area contributed by atoms with Crippen LogP contribution < -0.4 is 0 Å². The summed E-state index contributed by atoms with van der Waals surface area (Å²) in [5, 5.41) is 0. The van der Waals surface area contributed by atoms with Crippen LogP contribution >= 0.6 is 0 Å². The van der Waals surface area contributed by atoms with Crippen LogP contribution in [0.25, 0.3) is 0 Å². The Morgan fingerprint density at radius 3 is 1.00 bits per heavy atom. The molecule has 0 aliphatic rings. The monoisotopic (exact) mass is 408 g/mol. The summed E-state index contributed by atoms with van der Waals surface area (Å²) in [7, 11) is 0. The molecule has 0 bridgehead atoms. The Labute approximate surface area is 183 Å². The van der Waals surface area contributed by atoms with Gasteiger partial charge in [-0.05, 0) is 19.3 Å². The molecule has 0 fully saturated rings. The predicted octanol–water partition coefficient (Wildman–Crippen LogP) is 8.99. The number of rotatable bonds is 23. The fourth-order valence-electron chi connectivity index (χ4n) is 4.20. The minimum absolute atomic E-state index is 0.205. The van der Waals surface area contributed by atoms with Gasteiger partial charge in [0.15, 0.2) is 0 Å². The molecule has 172 valence electrons. The van der Waals surface area contributed by atoms with E-state index < -0.39 is 0 Å². The van der Waals surface area contributed by atoms with Crippen molar-refractivity contribution in [2.45, 2.75) is 156 Å². The summed E-state index contributed by atoms with van der Waals surface area (Å²) in [4.78, 5) is 24.9. The number of hydrogen-bond donors (Lipinski definition) is 0. The summed E-state index contributed by atoms with van der Waals surface area (Å²) in [6.07, 6.45) is 24.7. The van der Waals surface area contributed by atoms with Gasteiger partial charge in [0.25, 0.3) is 0 Å². The van der Waals surface area contributed by atoms with Crippen molar-refractivity contribution in [3.8, 4) is 0 Å². The van der Waals surface area contributed by atoms with Crippen LogP contribution in [-0.4, -0.2) is 11.6 Å². The topological polar surface area (TPSA) is 34.1 Å². The quantitative estimate of drug-likeness (QED) is 0.125. The maximum atomic E-state index is 12.5. The highest BCUT2D eigenvalue weighted by molar-refractivity contribution is 6.02. The van der Waals surface area contributed by atoms with E-state index in [-0.39, 0.29) is 17.5 Å². The van der Waals surface area contributed by atoms with E-state index in [2.05, 4.69) is 13.8 Å². The van der Waals surface area contributed by atoms with E-state index in [1.165, 1.54) is 89.9 Å². The summed E-state index contributed by atoms with van der Waals surface area (Å²) in [6.45, 7) is 6.50. The number of hydrogen-bond acceptors (Lipinski definition) is 2. The van der Waals surface area contributed by atoms with Gasteiger partial charge >= 0.3 is 0 Å². The summed E-state index contributed by atoms with van der Waals surface area (Å²) in [6, 6.07) is 0. The predicted molar refractivity (Wildman–Crippen MR) is 127 cm³/mol. The molecule has 0 N–H and O–H groups in total. The second kappa shape index (κ2) is 22.0. The van der Waals surface area contributed by atoms with Gasteiger partial charge < -0.3 is 0 Å². The van der Waals surface area contributed by atoms with Crippen molar-refractivity contribution in [3.05, 3.63) is 0 Å². The first-order chi connectivity index (χ1) is 14.2. The van der Waals surface area contributed by atoms with Crippen LogP contribution in [0.2, 0.25) is 0 Å². The molecule has 0 aromatic heterocycles. The minimum atomic E-state index is -0.321. The van der Waals surface area contributed by atoms with E-state index in [0.717, 1.165) is 25.7 Å². The Morgan fingerprint density at radius 2 is 0.724 bits per heavy atom. The van der Waals surface area contributed by atoms with Crippen molar-refractivity contribution in [2.24, 2.45) is 5.92 Å². The molecule has 0 aromatic rings. The van der Waals surface area contributed by atoms with Crippen LogP contribution in [0, 0.1) is 5.92 Å². The average molecular weight is 409 g/mol. The van der Waals surface area contributed by atoms with Crippen LogP contribution in [0.4, 0.5) is 0 Å². The Bertz CT molecular complexity index is 341. The van der Waals surface area contributed by atoms with Crippen molar-refractivity contribution in [2.75, 3.05) is 0 Å². The van der Waals surface area contributed by atoms with Gasteiger partial charge in [0.2, 0.25) is 0 Å². The Kier molecular flexibility index (Phi) is 21.5.